The van der Waals surface area contributed by atoms with E-state index in [0.29, 0.717) is 11.5 Å². The minimum atomic E-state index is -0.904. The van der Waals surface area contributed by atoms with Crippen molar-refractivity contribution in [2.75, 3.05) is 0 Å². The fourth-order valence-corrected chi connectivity index (χ4v) is 2.08. The topological polar surface area (TPSA) is 55.1 Å². The Labute approximate surface area is 105 Å². The van der Waals surface area contributed by atoms with Gasteiger partial charge in [-0.3, -0.25) is 0 Å². The molecule has 0 unspecified atom stereocenters. The molecule has 0 saturated heterocycles. The van der Waals surface area contributed by atoms with Crippen molar-refractivity contribution in [3.8, 4) is 5.69 Å². The number of nitrogens with zero attached hydrogens (tertiary/aromatic N) is 2. The summed E-state index contributed by atoms with van der Waals surface area (Å²) in [7, 11) is 0. The Hall–Kier alpha value is -2.10. The number of aryl methyl sites for hydroxylation is 1. The van der Waals surface area contributed by atoms with Crippen molar-refractivity contribution in [2.24, 2.45) is 0 Å². The first-order chi connectivity index (χ1) is 8.65. The molecule has 18 heavy (non-hydrogen) atoms. The maximum Gasteiger partial charge on any atom is 0.335 e. The number of carbonyl (C=O) groups is 1. The summed E-state index contributed by atoms with van der Waals surface area (Å²) in [5, 5.41) is 9.03. The van der Waals surface area contributed by atoms with Gasteiger partial charge in [-0.2, -0.15) is 0 Å². The van der Waals surface area contributed by atoms with Crippen LogP contribution in [0.4, 0.5) is 0 Å². The highest BCUT2D eigenvalue weighted by Crippen LogP contribution is 2.39. The normalized spacial score (nSPS) is 14.7. The van der Waals surface area contributed by atoms with Crippen molar-refractivity contribution in [1.82, 2.24) is 9.55 Å². The predicted octanol–water partition coefficient (Wildman–Crippen LogP) is 2.76. The SMILES string of the molecule is Cc1ccc(C(=O)O)cc1-n1cnc(C2CC2)c1. The molecule has 1 aliphatic carbocycles. The second-order valence-corrected chi connectivity index (χ2v) is 4.79. The zero-order valence-corrected chi connectivity index (χ0v) is 10.1. The van der Waals surface area contributed by atoms with Crippen molar-refractivity contribution in [3.05, 3.63) is 47.5 Å². The summed E-state index contributed by atoms with van der Waals surface area (Å²) < 4.78 is 1.91. The third-order valence-corrected chi connectivity index (χ3v) is 3.33. The van der Waals surface area contributed by atoms with E-state index < -0.39 is 5.97 Å². The lowest BCUT2D eigenvalue weighted by atomic mass is 10.1. The third-order valence-electron chi connectivity index (χ3n) is 3.33. The zero-order chi connectivity index (χ0) is 12.7. The predicted molar refractivity (Wildman–Crippen MR) is 67.2 cm³/mol. The van der Waals surface area contributed by atoms with E-state index >= 15 is 0 Å². The lowest BCUT2D eigenvalue weighted by Crippen LogP contribution is -2.00. The van der Waals surface area contributed by atoms with Crippen LogP contribution < -0.4 is 0 Å². The van der Waals surface area contributed by atoms with E-state index in [1.165, 1.54) is 12.8 Å². The summed E-state index contributed by atoms with van der Waals surface area (Å²) in [5.74, 6) is -0.298. The molecule has 92 valence electrons. The van der Waals surface area contributed by atoms with Crippen LogP contribution in [0.1, 0.15) is 40.4 Å². The molecular weight excluding hydrogens is 228 g/mol. The molecule has 0 aliphatic heterocycles. The van der Waals surface area contributed by atoms with E-state index in [-0.39, 0.29) is 0 Å². The van der Waals surface area contributed by atoms with Gasteiger partial charge in [-0.05, 0) is 37.5 Å². The molecule has 1 aliphatic rings. The van der Waals surface area contributed by atoms with Crippen LogP contribution in [0.15, 0.2) is 30.7 Å². The molecule has 4 nitrogen and oxygen atoms in total. The molecule has 4 heteroatoms. The van der Waals surface area contributed by atoms with E-state index in [2.05, 4.69) is 4.98 Å². The third kappa shape index (κ3) is 1.90. The maximum absolute atomic E-state index is 11.0. The monoisotopic (exact) mass is 242 g/mol. The number of aromatic carboxylic acids is 1. The molecule has 2 aromatic rings. The molecule has 0 bridgehead atoms. The molecule has 1 N–H and O–H groups in total. The number of aromatic nitrogens is 2. The van der Waals surface area contributed by atoms with Crippen LogP contribution in [0.5, 0.6) is 0 Å². The number of carboxylic acid groups (broad SMARTS) is 1. The molecule has 0 radical (unpaired) electrons. The smallest absolute Gasteiger partial charge is 0.335 e. The number of hydrogen-bond donors (Lipinski definition) is 1. The molecule has 3 rings (SSSR count). The van der Waals surface area contributed by atoms with Crippen LogP contribution in [0.3, 0.4) is 0 Å². The fourth-order valence-electron chi connectivity index (χ4n) is 2.08. The highest BCUT2D eigenvalue weighted by Gasteiger charge is 2.25. The van der Waals surface area contributed by atoms with Gasteiger partial charge >= 0.3 is 5.97 Å². The van der Waals surface area contributed by atoms with Gasteiger partial charge in [0.15, 0.2) is 0 Å². The summed E-state index contributed by atoms with van der Waals surface area (Å²) in [5.41, 5.74) is 3.33. The van der Waals surface area contributed by atoms with Gasteiger partial charge < -0.3 is 9.67 Å². The van der Waals surface area contributed by atoms with Crippen LogP contribution in [-0.2, 0) is 0 Å². The molecular formula is C14H14N2O2. The van der Waals surface area contributed by atoms with Crippen molar-refractivity contribution < 1.29 is 9.90 Å². The number of rotatable bonds is 3. The molecule has 0 atom stereocenters. The van der Waals surface area contributed by atoms with Crippen molar-refractivity contribution in [1.29, 1.82) is 0 Å². The van der Waals surface area contributed by atoms with Gasteiger partial charge in [0.1, 0.15) is 0 Å². The van der Waals surface area contributed by atoms with Gasteiger partial charge in [-0.15, -0.1) is 0 Å². The van der Waals surface area contributed by atoms with Crippen molar-refractivity contribution in [3.63, 3.8) is 0 Å². The Kier molecular flexibility index (Phi) is 2.44. The minimum Gasteiger partial charge on any atom is -0.478 e. The lowest BCUT2D eigenvalue weighted by molar-refractivity contribution is 0.0697. The number of benzene rings is 1. The number of imidazole rings is 1. The molecule has 1 aromatic heterocycles. The molecule has 1 heterocycles. The fraction of sp³-hybridized carbons (Fsp3) is 0.286. The minimum absolute atomic E-state index is 0.303. The Morgan fingerprint density at radius 2 is 2.22 bits per heavy atom. The first-order valence-electron chi connectivity index (χ1n) is 6.03. The first kappa shape index (κ1) is 11.0. The van der Waals surface area contributed by atoms with E-state index in [0.717, 1.165) is 16.9 Å². The van der Waals surface area contributed by atoms with Crippen LogP contribution in [0.2, 0.25) is 0 Å². The molecule has 0 spiro atoms. The standard InChI is InChI=1S/C14H14N2O2/c1-9-2-3-11(14(17)18)6-13(9)16-7-12(15-8-16)10-4-5-10/h2-3,6-8,10H,4-5H2,1H3,(H,17,18). The Morgan fingerprint density at radius 3 is 2.89 bits per heavy atom. The van der Waals surface area contributed by atoms with Crippen LogP contribution in [0, 0.1) is 6.92 Å². The summed E-state index contributed by atoms with van der Waals surface area (Å²) in [6.07, 6.45) is 6.20. The second-order valence-electron chi connectivity index (χ2n) is 4.79. The highest BCUT2D eigenvalue weighted by molar-refractivity contribution is 5.88. The van der Waals surface area contributed by atoms with Crippen molar-refractivity contribution in [2.45, 2.75) is 25.7 Å². The maximum atomic E-state index is 11.0. The Morgan fingerprint density at radius 1 is 1.44 bits per heavy atom. The van der Waals surface area contributed by atoms with Crippen LogP contribution >= 0.6 is 0 Å². The van der Waals surface area contributed by atoms with Gasteiger partial charge in [0, 0.05) is 12.1 Å². The van der Waals surface area contributed by atoms with E-state index in [1.807, 2.05) is 23.8 Å². The lowest BCUT2D eigenvalue weighted by Gasteiger charge is -2.07. The van der Waals surface area contributed by atoms with E-state index in [9.17, 15) is 4.79 Å². The van der Waals surface area contributed by atoms with Gasteiger partial charge in [0.05, 0.1) is 23.3 Å². The zero-order valence-electron chi connectivity index (χ0n) is 10.1. The van der Waals surface area contributed by atoms with E-state index in [1.54, 1.807) is 18.5 Å². The molecule has 1 fully saturated rings. The average Bonchev–Trinajstić information content (AvgIpc) is 3.08. The summed E-state index contributed by atoms with van der Waals surface area (Å²) >= 11 is 0. The number of carboxylic acids is 1. The van der Waals surface area contributed by atoms with Gasteiger partial charge in [-0.1, -0.05) is 6.07 Å². The second kappa shape index (κ2) is 3.98. The molecule has 1 saturated carbocycles. The van der Waals surface area contributed by atoms with Crippen LogP contribution in [-0.4, -0.2) is 20.6 Å². The number of hydrogen-bond acceptors (Lipinski definition) is 2. The van der Waals surface area contributed by atoms with E-state index in [4.69, 9.17) is 5.11 Å². The van der Waals surface area contributed by atoms with Gasteiger partial charge in [0.2, 0.25) is 0 Å². The quantitative estimate of drug-likeness (QED) is 0.900. The molecule has 0 amide bonds. The summed E-state index contributed by atoms with van der Waals surface area (Å²) in [6, 6.07) is 5.14. The Bertz CT molecular complexity index is 612. The summed E-state index contributed by atoms with van der Waals surface area (Å²) in [4.78, 5) is 15.4. The first-order valence-corrected chi connectivity index (χ1v) is 6.03. The Balaban J connectivity index is 2.03. The molecule has 1 aromatic carbocycles. The summed E-state index contributed by atoms with van der Waals surface area (Å²) in [6.45, 7) is 1.97. The van der Waals surface area contributed by atoms with Crippen molar-refractivity contribution >= 4 is 5.97 Å². The van der Waals surface area contributed by atoms with Crippen LogP contribution in [0.25, 0.3) is 5.69 Å². The largest absolute Gasteiger partial charge is 0.478 e. The van der Waals surface area contributed by atoms with Gasteiger partial charge in [0.25, 0.3) is 0 Å². The highest BCUT2D eigenvalue weighted by atomic mass is 16.4. The average molecular weight is 242 g/mol. The van der Waals surface area contributed by atoms with Gasteiger partial charge in [-0.25, -0.2) is 9.78 Å².